The maximum absolute atomic E-state index is 11.2. The van der Waals surface area contributed by atoms with Crippen LogP contribution in [-0.4, -0.2) is 37.0 Å². The predicted molar refractivity (Wildman–Crippen MR) is 97.0 cm³/mol. The summed E-state index contributed by atoms with van der Waals surface area (Å²) in [5.41, 5.74) is 6.35. The molecule has 25 heavy (non-hydrogen) atoms. The molecular formula is C14H17Cl2N6O2S-. The van der Waals surface area contributed by atoms with Crippen LogP contribution in [-0.2, 0) is 11.3 Å². The fourth-order valence-electron chi connectivity index (χ4n) is 3.09. The summed E-state index contributed by atoms with van der Waals surface area (Å²) in [7, 11) is 0. The minimum absolute atomic E-state index is 0.114. The van der Waals surface area contributed by atoms with E-state index < -0.39 is 11.3 Å². The molecule has 2 unspecified atom stereocenters. The second kappa shape index (κ2) is 7.88. The van der Waals surface area contributed by atoms with E-state index >= 15 is 0 Å². The second-order valence-electron chi connectivity index (χ2n) is 5.85. The summed E-state index contributed by atoms with van der Waals surface area (Å²) in [5, 5.41) is 7.51. The number of piperidine rings is 1. The quantitative estimate of drug-likeness (QED) is 0.656. The van der Waals surface area contributed by atoms with Gasteiger partial charge in [-0.05, 0) is 36.5 Å². The Hall–Kier alpha value is -1.39. The molecule has 2 aromatic rings. The van der Waals surface area contributed by atoms with Gasteiger partial charge in [-0.25, -0.2) is 9.82 Å². The molecule has 2 heterocycles. The molecule has 0 aliphatic carbocycles. The lowest BCUT2D eigenvalue weighted by molar-refractivity contribution is 0.323. The van der Waals surface area contributed by atoms with E-state index in [-0.39, 0.29) is 17.9 Å². The molecule has 136 valence electrons. The van der Waals surface area contributed by atoms with Gasteiger partial charge in [0, 0.05) is 30.4 Å². The molecule has 4 N–H and O–H groups in total. The van der Waals surface area contributed by atoms with Gasteiger partial charge in [0.25, 0.3) is 0 Å². The highest BCUT2D eigenvalue weighted by atomic mass is 35.5. The van der Waals surface area contributed by atoms with Gasteiger partial charge < -0.3 is 15.2 Å². The van der Waals surface area contributed by atoms with E-state index in [0.717, 1.165) is 18.4 Å². The number of rotatable bonds is 5. The van der Waals surface area contributed by atoms with Crippen molar-refractivity contribution in [2.24, 2.45) is 5.92 Å². The number of nitrogens with one attached hydrogen (secondary N) is 2. The molecule has 0 saturated carbocycles. The first-order valence-corrected chi connectivity index (χ1v) is 9.50. The van der Waals surface area contributed by atoms with Crippen molar-refractivity contribution in [3.8, 4) is 0 Å². The minimum atomic E-state index is -2.39. The van der Waals surface area contributed by atoms with E-state index in [4.69, 9.17) is 28.9 Å². The summed E-state index contributed by atoms with van der Waals surface area (Å²) >= 11 is 9.66. The highest BCUT2D eigenvalue weighted by Crippen LogP contribution is 2.34. The molecular weight excluding hydrogens is 387 g/mol. The first kappa shape index (κ1) is 18.4. The van der Waals surface area contributed by atoms with Gasteiger partial charge in [0.2, 0.25) is 11.9 Å². The largest absolute Gasteiger partial charge is 0.760 e. The van der Waals surface area contributed by atoms with Crippen LogP contribution in [0.15, 0.2) is 18.2 Å². The average molecular weight is 404 g/mol. The Morgan fingerprint density at radius 3 is 2.64 bits per heavy atom. The normalized spacial score (nSPS) is 18.3. The van der Waals surface area contributed by atoms with Crippen LogP contribution in [0.4, 0.5) is 11.9 Å². The van der Waals surface area contributed by atoms with E-state index in [1.807, 2.05) is 4.90 Å². The zero-order valence-corrected chi connectivity index (χ0v) is 15.4. The van der Waals surface area contributed by atoms with Crippen molar-refractivity contribution in [3.05, 3.63) is 33.8 Å². The number of H-pyrrole nitrogens is 1. The lowest BCUT2D eigenvalue weighted by Crippen LogP contribution is -2.40. The molecule has 1 aliphatic heterocycles. The molecule has 1 saturated heterocycles. The summed E-state index contributed by atoms with van der Waals surface area (Å²) in [5.74, 6) is 0.944. The van der Waals surface area contributed by atoms with Crippen molar-refractivity contribution < 1.29 is 8.76 Å². The van der Waals surface area contributed by atoms with Crippen molar-refractivity contribution in [2.75, 3.05) is 23.7 Å². The molecule has 1 aromatic carbocycles. The van der Waals surface area contributed by atoms with Crippen LogP contribution in [0.1, 0.15) is 24.4 Å². The Bertz CT molecular complexity index is 766. The van der Waals surface area contributed by atoms with Gasteiger partial charge in [-0.1, -0.05) is 29.3 Å². The SMILES string of the molecule is Nc1nc(N2CCC(C(NS(=O)[O-])c3ccc(Cl)c(Cl)c3)CC2)n[nH]1. The number of nitrogens with two attached hydrogens (primary N) is 1. The number of aromatic amines is 1. The molecule has 0 amide bonds. The topological polar surface area (TPSA) is 123 Å². The van der Waals surface area contributed by atoms with E-state index in [2.05, 4.69) is 19.9 Å². The first-order valence-electron chi connectivity index (χ1n) is 7.67. The molecule has 2 atom stereocenters. The monoisotopic (exact) mass is 403 g/mol. The van der Waals surface area contributed by atoms with Crippen LogP contribution in [0, 0.1) is 5.92 Å². The molecule has 0 radical (unpaired) electrons. The lowest BCUT2D eigenvalue weighted by atomic mass is 9.86. The van der Waals surface area contributed by atoms with Crippen LogP contribution in [0.3, 0.4) is 0 Å². The predicted octanol–water partition coefficient (Wildman–Crippen LogP) is 2.04. The van der Waals surface area contributed by atoms with Gasteiger partial charge in [0.05, 0.1) is 10.0 Å². The van der Waals surface area contributed by atoms with Crippen LogP contribution >= 0.6 is 23.2 Å². The van der Waals surface area contributed by atoms with Gasteiger partial charge in [-0.15, -0.1) is 5.10 Å². The Labute approximate surface area is 157 Å². The van der Waals surface area contributed by atoms with E-state index in [1.54, 1.807) is 18.2 Å². The molecule has 1 fully saturated rings. The van der Waals surface area contributed by atoms with E-state index in [1.165, 1.54) is 0 Å². The molecule has 1 aromatic heterocycles. The van der Waals surface area contributed by atoms with Crippen LogP contribution < -0.4 is 15.4 Å². The van der Waals surface area contributed by atoms with Crippen LogP contribution in [0.5, 0.6) is 0 Å². The zero-order chi connectivity index (χ0) is 18.0. The van der Waals surface area contributed by atoms with Crippen LogP contribution in [0.25, 0.3) is 0 Å². The van der Waals surface area contributed by atoms with Crippen molar-refractivity contribution in [1.29, 1.82) is 0 Å². The average Bonchev–Trinajstić information content (AvgIpc) is 3.02. The Balaban J connectivity index is 1.74. The number of nitrogens with zero attached hydrogens (tertiary/aromatic N) is 3. The summed E-state index contributed by atoms with van der Waals surface area (Å²) in [6.45, 7) is 1.40. The van der Waals surface area contributed by atoms with Gasteiger partial charge in [0.15, 0.2) is 0 Å². The standard InChI is InChI=1S/C14H18Cl2N6O2S/c15-10-2-1-9(7-11(10)16)12(21-25(23)24)8-3-5-22(6-4-8)14-18-13(17)19-20-14/h1-2,7-8,12,21H,3-6H2,(H,23,24)(H3,17,18,19,20)/p-1. The number of benzene rings is 1. The second-order valence-corrected chi connectivity index (χ2v) is 7.37. The molecule has 0 bridgehead atoms. The fraction of sp³-hybridized carbons (Fsp3) is 0.429. The highest BCUT2D eigenvalue weighted by Gasteiger charge is 2.29. The lowest BCUT2D eigenvalue weighted by Gasteiger charge is -2.36. The van der Waals surface area contributed by atoms with E-state index in [0.29, 0.717) is 29.1 Å². The number of hydrogen-bond donors (Lipinski definition) is 3. The van der Waals surface area contributed by atoms with E-state index in [9.17, 15) is 8.76 Å². The van der Waals surface area contributed by atoms with Crippen molar-refractivity contribution >= 4 is 46.4 Å². The first-order chi connectivity index (χ1) is 11.9. The summed E-state index contributed by atoms with van der Waals surface area (Å²) in [6.07, 6.45) is 1.53. The Morgan fingerprint density at radius 1 is 1.36 bits per heavy atom. The Morgan fingerprint density at radius 2 is 2.08 bits per heavy atom. The summed E-state index contributed by atoms with van der Waals surface area (Å²) < 4.78 is 25.1. The van der Waals surface area contributed by atoms with Gasteiger partial charge in [0.1, 0.15) is 0 Å². The molecule has 8 nitrogen and oxygen atoms in total. The third-order valence-corrected chi connectivity index (χ3v) is 5.50. The smallest absolute Gasteiger partial charge is 0.246 e. The van der Waals surface area contributed by atoms with Gasteiger partial charge in [-0.3, -0.25) is 4.21 Å². The molecule has 0 spiro atoms. The van der Waals surface area contributed by atoms with Crippen molar-refractivity contribution in [2.45, 2.75) is 18.9 Å². The van der Waals surface area contributed by atoms with Gasteiger partial charge >= 0.3 is 0 Å². The highest BCUT2D eigenvalue weighted by molar-refractivity contribution is 7.77. The fourth-order valence-corrected chi connectivity index (χ4v) is 3.93. The van der Waals surface area contributed by atoms with Crippen molar-refractivity contribution in [3.63, 3.8) is 0 Å². The Kier molecular flexibility index (Phi) is 5.80. The maximum atomic E-state index is 11.2. The number of hydrogen-bond acceptors (Lipinski definition) is 6. The summed E-state index contributed by atoms with van der Waals surface area (Å²) in [4.78, 5) is 6.14. The third-order valence-electron chi connectivity index (χ3n) is 4.31. The molecule has 3 rings (SSSR count). The number of anilines is 2. The zero-order valence-electron chi connectivity index (χ0n) is 13.1. The number of nitrogen functional groups attached to an aromatic ring is 1. The van der Waals surface area contributed by atoms with Crippen molar-refractivity contribution in [1.82, 2.24) is 19.9 Å². The molecule has 11 heteroatoms. The summed E-state index contributed by atoms with van der Waals surface area (Å²) in [6, 6.07) is 4.80. The molecule has 1 aliphatic rings. The van der Waals surface area contributed by atoms with Gasteiger partial charge in [-0.2, -0.15) is 4.98 Å². The van der Waals surface area contributed by atoms with Crippen LogP contribution in [0.2, 0.25) is 10.0 Å². The number of aromatic nitrogens is 3. The third kappa shape index (κ3) is 4.42. The number of halogens is 2. The maximum Gasteiger partial charge on any atom is 0.246 e. The minimum Gasteiger partial charge on any atom is -0.760 e.